The largest absolute Gasteiger partial charge is 0.379 e. The molecule has 0 amide bonds. The van der Waals surface area contributed by atoms with Gasteiger partial charge in [0.25, 0.3) is 0 Å². The molecule has 0 aromatic carbocycles. The topological polar surface area (TPSA) is 41.7 Å². The highest BCUT2D eigenvalue weighted by atomic mass is 32.1. The van der Waals surface area contributed by atoms with Gasteiger partial charge in [-0.2, -0.15) is 0 Å². The van der Waals surface area contributed by atoms with Gasteiger partial charge in [0.2, 0.25) is 0 Å². The second-order valence-electron chi connectivity index (χ2n) is 6.21. The third-order valence-electron chi connectivity index (χ3n) is 4.86. The minimum atomic E-state index is 0.390. The van der Waals surface area contributed by atoms with E-state index in [-0.39, 0.29) is 0 Å². The Bertz CT molecular complexity index is 470. The van der Waals surface area contributed by atoms with Crippen molar-refractivity contribution in [3.63, 3.8) is 0 Å². The summed E-state index contributed by atoms with van der Waals surface area (Å²) in [6, 6.07) is 3.41. The molecule has 2 unspecified atom stereocenters. The van der Waals surface area contributed by atoms with Gasteiger partial charge in [0.15, 0.2) is 0 Å². The number of nitrogens with two attached hydrogens (primary N) is 1. The van der Waals surface area contributed by atoms with Crippen molar-refractivity contribution in [2.45, 2.75) is 32.4 Å². The molecule has 1 aromatic heterocycles. The first-order valence-electron chi connectivity index (χ1n) is 8.02. The van der Waals surface area contributed by atoms with Gasteiger partial charge in [0, 0.05) is 54.6 Å². The number of nitrogens with zero attached hydrogens (tertiary/aromatic N) is 2. The molecule has 2 saturated heterocycles. The number of likely N-dealkylation sites (tertiary alicyclic amines) is 1. The van der Waals surface area contributed by atoms with Crippen LogP contribution in [0.4, 0.5) is 0 Å². The van der Waals surface area contributed by atoms with Gasteiger partial charge in [-0.05, 0) is 31.9 Å². The molecule has 2 aliphatic heterocycles. The summed E-state index contributed by atoms with van der Waals surface area (Å²) >= 11 is 1.89. The van der Waals surface area contributed by atoms with Gasteiger partial charge in [0.05, 0.1) is 13.2 Å². The molecule has 0 saturated carbocycles. The van der Waals surface area contributed by atoms with Crippen molar-refractivity contribution in [2.24, 2.45) is 5.73 Å². The molecule has 1 aromatic rings. The molecule has 118 valence electrons. The Balaban J connectivity index is 1.67. The quantitative estimate of drug-likeness (QED) is 0.920. The van der Waals surface area contributed by atoms with Crippen LogP contribution in [0, 0.1) is 13.8 Å². The monoisotopic (exact) mass is 309 g/mol. The molecule has 3 rings (SSSR count). The van der Waals surface area contributed by atoms with Gasteiger partial charge in [-0.3, -0.25) is 9.80 Å². The summed E-state index contributed by atoms with van der Waals surface area (Å²) in [7, 11) is 0. The van der Waals surface area contributed by atoms with Crippen LogP contribution < -0.4 is 5.73 Å². The van der Waals surface area contributed by atoms with E-state index in [9.17, 15) is 0 Å². The molecule has 0 bridgehead atoms. The molecule has 0 radical (unpaired) electrons. The van der Waals surface area contributed by atoms with Crippen LogP contribution in [-0.2, 0) is 4.74 Å². The maximum absolute atomic E-state index is 6.12. The lowest BCUT2D eigenvalue weighted by molar-refractivity contribution is 0.0176. The molecule has 0 aliphatic carbocycles. The molecule has 3 heterocycles. The van der Waals surface area contributed by atoms with E-state index < -0.39 is 0 Å². The molecule has 0 spiro atoms. The van der Waals surface area contributed by atoms with E-state index in [4.69, 9.17) is 10.5 Å². The van der Waals surface area contributed by atoms with E-state index in [1.54, 1.807) is 0 Å². The van der Waals surface area contributed by atoms with Crippen molar-refractivity contribution in [2.75, 3.05) is 45.9 Å². The van der Waals surface area contributed by atoms with Crippen LogP contribution in [0.25, 0.3) is 0 Å². The lowest BCUT2D eigenvalue weighted by Gasteiger charge is -2.33. The van der Waals surface area contributed by atoms with Gasteiger partial charge in [-0.25, -0.2) is 0 Å². The predicted molar refractivity (Wildman–Crippen MR) is 88.0 cm³/mol. The normalized spacial score (nSPS) is 26.3. The number of morpholine rings is 1. The Labute approximate surface area is 131 Å². The van der Waals surface area contributed by atoms with E-state index in [1.807, 2.05) is 11.3 Å². The summed E-state index contributed by atoms with van der Waals surface area (Å²) in [6.45, 7) is 11.4. The van der Waals surface area contributed by atoms with Gasteiger partial charge in [-0.1, -0.05) is 0 Å². The zero-order chi connectivity index (χ0) is 14.8. The lowest BCUT2D eigenvalue weighted by Crippen LogP contribution is -2.45. The number of hydrogen-bond acceptors (Lipinski definition) is 5. The Morgan fingerprint density at radius 3 is 2.71 bits per heavy atom. The summed E-state index contributed by atoms with van der Waals surface area (Å²) in [5.41, 5.74) is 7.56. The van der Waals surface area contributed by atoms with Crippen LogP contribution in [0.1, 0.15) is 27.8 Å². The van der Waals surface area contributed by atoms with Gasteiger partial charge in [-0.15, -0.1) is 11.3 Å². The summed E-state index contributed by atoms with van der Waals surface area (Å²) < 4.78 is 5.47. The first-order chi connectivity index (χ1) is 10.2. The molecule has 2 N–H and O–H groups in total. The second kappa shape index (κ2) is 6.75. The number of hydrogen-bond donors (Lipinski definition) is 1. The SMILES string of the molecule is Cc1cc(C(CN)N2CCC(N3CCOCC3)C2)c(C)s1. The number of aryl methyl sites for hydroxylation is 2. The highest BCUT2D eigenvalue weighted by Gasteiger charge is 2.33. The predicted octanol–water partition coefficient (Wildman–Crippen LogP) is 1.77. The van der Waals surface area contributed by atoms with Crippen LogP contribution in [0.5, 0.6) is 0 Å². The van der Waals surface area contributed by atoms with Crippen molar-refractivity contribution < 1.29 is 4.74 Å². The molecule has 21 heavy (non-hydrogen) atoms. The van der Waals surface area contributed by atoms with Crippen LogP contribution in [-0.4, -0.2) is 61.8 Å². The van der Waals surface area contributed by atoms with Crippen molar-refractivity contribution in [3.05, 3.63) is 21.4 Å². The summed E-state index contributed by atoms with van der Waals surface area (Å²) in [5.74, 6) is 0. The van der Waals surface area contributed by atoms with Gasteiger partial charge < -0.3 is 10.5 Å². The van der Waals surface area contributed by atoms with E-state index in [0.29, 0.717) is 18.6 Å². The van der Waals surface area contributed by atoms with Crippen LogP contribution >= 0.6 is 11.3 Å². The lowest BCUT2D eigenvalue weighted by atomic mass is 10.1. The highest BCUT2D eigenvalue weighted by Crippen LogP contribution is 2.32. The van der Waals surface area contributed by atoms with E-state index in [0.717, 1.165) is 39.4 Å². The Kier molecular flexibility index (Phi) is 4.96. The molecular weight excluding hydrogens is 282 g/mol. The smallest absolute Gasteiger partial charge is 0.0594 e. The van der Waals surface area contributed by atoms with Gasteiger partial charge >= 0.3 is 0 Å². The van der Waals surface area contributed by atoms with E-state index >= 15 is 0 Å². The average molecular weight is 309 g/mol. The molecule has 5 heteroatoms. The molecule has 2 fully saturated rings. The highest BCUT2D eigenvalue weighted by molar-refractivity contribution is 7.12. The van der Waals surface area contributed by atoms with Gasteiger partial charge in [0.1, 0.15) is 0 Å². The summed E-state index contributed by atoms with van der Waals surface area (Å²) in [4.78, 5) is 8.01. The van der Waals surface area contributed by atoms with Crippen molar-refractivity contribution >= 4 is 11.3 Å². The molecular formula is C16H27N3OS. The fourth-order valence-corrected chi connectivity index (χ4v) is 4.73. The van der Waals surface area contributed by atoms with Crippen LogP contribution in [0.2, 0.25) is 0 Å². The van der Waals surface area contributed by atoms with Crippen molar-refractivity contribution in [3.8, 4) is 0 Å². The van der Waals surface area contributed by atoms with E-state index in [2.05, 4.69) is 29.7 Å². The van der Waals surface area contributed by atoms with Crippen LogP contribution in [0.3, 0.4) is 0 Å². The van der Waals surface area contributed by atoms with Crippen molar-refractivity contribution in [1.29, 1.82) is 0 Å². The second-order valence-corrected chi connectivity index (χ2v) is 7.67. The first kappa shape index (κ1) is 15.4. The summed E-state index contributed by atoms with van der Waals surface area (Å²) in [5, 5.41) is 0. The maximum atomic E-state index is 6.12. The van der Waals surface area contributed by atoms with Crippen LogP contribution in [0.15, 0.2) is 6.07 Å². The third-order valence-corrected chi connectivity index (χ3v) is 5.84. The molecule has 2 aliphatic rings. The molecule has 2 atom stereocenters. The Morgan fingerprint density at radius 1 is 1.33 bits per heavy atom. The summed E-state index contributed by atoms with van der Waals surface area (Å²) in [6.07, 6.45) is 1.26. The number of ether oxygens (including phenoxy) is 1. The first-order valence-corrected chi connectivity index (χ1v) is 8.83. The Morgan fingerprint density at radius 2 is 2.10 bits per heavy atom. The van der Waals surface area contributed by atoms with Crippen molar-refractivity contribution in [1.82, 2.24) is 9.80 Å². The van der Waals surface area contributed by atoms with E-state index in [1.165, 1.54) is 21.7 Å². The fraction of sp³-hybridized carbons (Fsp3) is 0.750. The average Bonchev–Trinajstić information content (AvgIpc) is 3.09. The third kappa shape index (κ3) is 3.32. The minimum Gasteiger partial charge on any atom is -0.379 e. The zero-order valence-electron chi connectivity index (χ0n) is 13.2. The number of rotatable bonds is 4. The zero-order valence-corrected chi connectivity index (χ0v) is 14.0. The Hall–Kier alpha value is -0.460. The minimum absolute atomic E-state index is 0.390. The maximum Gasteiger partial charge on any atom is 0.0594 e. The molecule has 4 nitrogen and oxygen atoms in total. The number of thiophene rings is 1. The fourth-order valence-electron chi connectivity index (χ4n) is 3.75. The standard InChI is InChI=1S/C16H27N3OS/c1-12-9-15(13(2)21-12)16(10-17)19-4-3-14(11-19)18-5-7-20-8-6-18/h9,14,16H,3-8,10-11,17H2,1-2H3.